The Balaban J connectivity index is 1.25. The third-order valence-corrected chi connectivity index (χ3v) is 5.67. The van der Waals surface area contributed by atoms with Crippen molar-refractivity contribution in [1.29, 1.82) is 0 Å². The SMILES string of the molecule is Cc1cc(C(=O)COC(=O)Cc2ccc3c(c2)OCCO3)c(C)n1-c1ccc2c(c1)OCO2. The summed E-state index contributed by atoms with van der Waals surface area (Å²) in [4.78, 5) is 25.2. The lowest BCUT2D eigenvalue weighted by Crippen LogP contribution is -2.17. The summed E-state index contributed by atoms with van der Waals surface area (Å²) >= 11 is 0. The molecule has 0 radical (unpaired) electrons. The van der Waals surface area contributed by atoms with Crippen LogP contribution in [0, 0.1) is 13.8 Å². The van der Waals surface area contributed by atoms with E-state index in [4.69, 9.17) is 23.7 Å². The van der Waals surface area contributed by atoms with Crippen LogP contribution in [0.1, 0.15) is 27.3 Å². The van der Waals surface area contributed by atoms with Crippen LogP contribution in [0.2, 0.25) is 0 Å². The molecule has 3 heterocycles. The zero-order chi connectivity index (χ0) is 22.9. The monoisotopic (exact) mass is 449 g/mol. The Morgan fingerprint density at radius 2 is 1.58 bits per heavy atom. The topological polar surface area (TPSA) is 85.2 Å². The number of rotatable bonds is 6. The van der Waals surface area contributed by atoms with E-state index >= 15 is 0 Å². The maximum atomic E-state index is 12.8. The van der Waals surface area contributed by atoms with Gasteiger partial charge in [-0.25, -0.2) is 0 Å². The van der Waals surface area contributed by atoms with E-state index in [2.05, 4.69) is 0 Å². The molecule has 33 heavy (non-hydrogen) atoms. The van der Waals surface area contributed by atoms with Crippen LogP contribution in [0.4, 0.5) is 0 Å². The zero-order valence-corrected chi connectivity index (χ0v) is 18.4. The van der Waals surface area contributed by atoms with Crippen molar-refractivity contribution in [1.82, 2.24) is 4.57 Å². The van der Waals surface area contributed by atoms with Gasteiger partial charge in [-0.1, -0.05) is 6.07 Å². The number of aryl methyl sites for hydroxylation is 1. The molecule has 0 amide bonds. The number of aromatic nitrogens is 1. The number of benzene rings is 2. The van der Waals surface area contributed by atoms with Gasteiger partial charge in [0.2, 0.25) is 12.6 Å². The Bertz CT molecular complexity index is 1240. The smallest absolute Gasteiger partial charge is 0.310 e. The van der Waals surface area contributed by atoms with Gasteiger partial charge in [0.1, 0.15) is 13.2 Å². The summed E-state index contributed by atoms with van der Waals surface area (Å²) in [6.07, 6.45) is 0.0418. The molecule has 2 aromatic carbocycles. The molecule has 8 heteroatoms. The van der Waals surface area contributed by atoms with Crippen molar-refractivity contribution in [2.75, 3.05) is 26.6 Å². The Morgan fingerprint density at radius 1 is 0.879 bits per heavy atom. The first kappa shape index (κ1) is 20.9. The highest BCUT2D eigenvalue weighted by atomic mass is 16.7. The summed E-state index contributed by atoms with van der Waals surface area (Å²) in [6, 6.07) is 12.8. The normalized spacial score (nSPS) is 13.6. The quantitative estimate of drug-likeness (QED) is 0.420. The zero-order valence-electron chi connectivity index (χ0n) is 18.4. The van der Waals surface area contributed by atoms with Gasteiger partial charge >= 0.3 is 5.97 Å². The van der Waals surface area contributed by atoms with Gasteiger partial charge in [-0.05, 0) is 49.7 Å². The molecule has 170 valence electrons. The van der Waals surface area contributed by atoms with Crippen LogP contribution >= 0.6 is 0 Å². The molecule has 2 aliphatic rings. The van der Waals surface area contributed by atoms with E-state index < -0.39 is 5.97 Å². The Morgan fingerprint density at radius 3 is 2.42 bits per heavy atom. The van der Waals surface area contributed by atoms with Crippen molar-refractivity contribution in [3.63, 3.8) is 0 Å². The van der Waals surface area contributed by atoms with Gasteiger partial charge in [-0.3, -0.25) is 9.59 Å². The lowest BCUT2D eigenvalue weighted by atomic mass is 10.1. The first-order chi connectivity index (χ1) is 16.0. The highest BCUT2D eigenvalue weighted by molar-refractivity contribution is 5.99. The Kier molecular flexibility index (Phi) is 5.42. The van der Waals surface area contributed by atoms with E-state index in [0.29, 0.717) is 41.8 Å². The van der Waals surface area contributed by atoms with E-state index in [1.54, 1.807) is 24.3 Å². The molecule has 0 bridgehead atoms. The van der Waals surface area contributed by atoms with E-state index in [1.165, 1.54) is 0 Å². The fourth-order valence-corrected chi connectivity index (χ4v) is 4.11. The van der Waals surface area contributed by atoms with Crippen LogP contribution in [-0.4, -0.2) is 42.9 Å². The fourth-order valence-electron chi connectivity index (χ4n) is 4.11. The minimum atomic E-state index is -0.482. The summed E-state index contributed by atoms with van der Waals surface area (Å²) in [5.41, 5.74) is 3.76. The van der Waals surface area contributed by atoms with Gasteiger partial charge in [-0.15, -0.1) is 0 Å². The minimum absolute atomic E-state index is 0.0418. The molecular weight excluding hydrogens is 426 g/mol. The first-order valence-electron chi connectivity index (χ1n) is 10.7. The molecule has 2 aliphatic heterocycles. The summed E-state index contributed by atoms with van der Waals surface area (Å²) in [5.74, 6) is 1.89. The van der Waals surface area contributed by atoms with Gasteiger partial charge in [-0.2, -0.15) is 0 Å². The van der Waals surface area contributed by atoms with Crippen molar-refractivity contribution >= 4 is 11.8 Å². The van der Waals surface area contributed by atoms with Crippen molar-refractivity contribution < 1.29 is 33.3 Å². The molecule has 0 saturated carbocycles. The fraction of sp³-hybridized carbons (Fsp3) is 0.280. The molecule has 5 rings (SSSR count). The predicted molar refractivity (Wildman–Crippen MR) is 118 cm³/mol. The number of Topliss-reactive ketones (excluding diaryl/α,β-unsaturated/α-hetero) is 1. The number of ether oxygens (including phenoxy) is 5. The van der Waals surface area contributed by atoms with Gasteiger partial charge in [0.05, 0.1) is 6.42 Å². The van der Waals surface area contributed by atoms with Crippen molar-refractivity contribution in [3.8, 4) is 28.7 Å². The number of carbonyl (C=O) groups is 2. The lowest BCUT2D eigenvalue weighted by molar-refractivity contribution is -0.141. The second kappa shape index (κ2) is 8.54. The van der Waals surface area contributed by atoms with Gasteiger partial charge in [0, 0.05) is 28.7 Å². The first-order valence-corrected chi connectivity index (χ1v) is 10.7. The van der Waals surface area contributed by atoms with E-state index in [-0.39, 0.29) is 25.6 Å². The number of esters is 1. The van der Waals surface area contributed by atoms with Crippen LogP contribution in [0.3, 0.4) is 0 Å². The average molecular weight is 449 g/mol. The molecule has 0 unspecified atom stereocenters. The molecule has 0 spiro atoms. The predicted octanol–water partition coefficient (Wildman–Crippen LogP) is 3.56. The third kappa shape index (κ3) is 4.11. The Hall–Kier alpha value is -3.94. The molecule has 0 saturated heterocycles. The van der Waals surface area contributed by atoms with Crippen molar-refractivity contribution in [2.24, 2.45) is 0 Å². The van der Waals surface area contributed by atoms with Gasteiger partial charge in [0.15, 0.2) is 29.6 Å². The second-order valence-corrected chi connectivity index (χ2v) is 7.90. The van der Waals surface area contributed by atoms with Crippen LogP contribution in [0.15, 0.2) is 42.5 Å². The highest BCUT2D eigenvalue weighted by Crippen LogP contribution is 2.35. The van der Waals surface area contributed by atoms with Crippen molar-refractivity contribution in [3.05, 3.63) is 65.0 Å². The lowest BCUT2D eigenvalue weighted by Gasteiger charge is -2.18. The van der Waals surface area contributed by atoms with Gasteiger partial charge < -0.3 is 28.3 Å². The molecule has 8 nitrogen and oxygen atoms in total. The maximum Gasteiger partial charge on any atom is 0.310 e. The molecule has 1 aromatic heterocycles. The van der Waals surface area contributed by atoms with Crippen LogP contribution in [0.5, 0.6) is 23.0 Å². The number of carbonyl (C=O) groups excluding carboxylic acids is 2. The summed E-state index contributed by atoms with van der Waals surface area (Å²) in [5, 5.41) is 0. The number of hydrogen-bond acceptors (Lipinski definition) is 7. The summed E-state index contributed by atoms with van der Waals surface area (Å²) < 4.78 is 29.1. The van der Waals surface area contributed by atoms with Gasteiger partial charge in [0.25, 0.3) is 0 Å². The van der Waals surface area contributed by atoms with E-state index in [9.17, 15) is 9.59 Å². The molecular formula is C25H23NO7. The molecule has 3 aromatic rings. The molecule has 0 fully saturated rings. The van der Waals surface area contributed by atoms with Crippen LogP contribution < -0.4 is 18.9 Å². The molecule has 0 aliphatic carbocycles. The second-order valence-electron chi connectivity index (χ2n) is 7.90. The number of ketones is 1. The minimum Gasteiger partial charge on any atom is -0.486 e. The largest absolute Gasteiger partial charge is 0.486 e. The number of fused-ring (bicyclic) bond motifs is 2. The maximum absolute atomic E-state index is 12.8. The van der Waals surface area contributed by atoms with Crippen molar-refractivity contribution in [2.45, 2.75) is 20.3 Å². The van der Waals surface area contributed by atoms with E-state index in [0.717, 1.165) is 22.6 Å². The van der Waals surface area contributed by atoms with Crippen LogP contribution in [-0.2, 0) is 16.0 Å². The average Bonchev–Trinajstić information content (AvgIpc) is 3.40. The molecule has 0 N–H and O–H groups in total. The third-order valence-electron chi connectivity index (χ3n) is 5.67. The van der Waals surface area contributed by atoms with E-state index in [1.807, 2.05) is 36.6 Å². The van der Waals surface area contributed by atoms with Crippen LogP contribution in [0.25, 0.3) is 5.69 Å². The highest BCUT2D eigenvalue weighted by Gasteiger charge is 2.21. The molecule has 0 atom stereocenters. The Labute approximate surface area is 190 Å². The number of hydrogen-bond donors (Lipinski definition) is 0. The summed E-state index contributed by atoms with van der Waals surface area (Å²) in [6.45, 7) is 4.63. The summed E-state index contributed by atoms with van der Waals surface area (Å²) in [7, 11) is 0. The standard InChI is InChI=1S/C25H23NO7/c1-15-9-19(16(2)26(15)18-4-6-22-24(12-18)33-14-32-22)20(27)13-31-25(28)11-17-3-5-21-23(10-17)30-8-7-29-21/h3-6,9-10,12H,7-8,11,13-14H2,1-2H3. The number of nitrogens with zero attached hydrogens (tertiary/aromatic N) is 1.